The van der Waals surface area contributed by atoms with E-state index in [4.69, 9.17) is 46.9 Å². The summed E-state index contributed by atoms with van der Waals surface area (Å²) in [6.07, 6.45) is -0.352. The van der Waals surface area contributed by atoms with Crippen LogP contribution in [0.5, 0.6) is 0 Å². The molecule has 1 saturated heterocycles. The highest BCUT2D eigenvalue weighted by Crippen LogP contribution is 2.41. The molecule has 0 N–H and O–H groups in total. The van der Waals surface area contributed by atoms with Crippen LogP contribution >= 0.6 is 23.2 Å². The Bertz CT molecular complexity index is 2030. The molecule has 0 aliphatic carbocycles. The Morgan fingerprint density at radius 2 is 1.16 bits per heavy atom. The summed E-state index contributed by atoms with van der Waals surface area (Å²) in [6.45, 7) is 1.53. The van der Waals surface area contributed by atoms with Crippen LogP contribution in [0.4, 0.5) is 5.69 Å². The Morgan fingerprint density at radius 3 is 1.71 bits per heavy atom. The van der Waals surface area contributed by atoms with Gasteiger partial charge in [-0.25, -0.2) is 5.01 Å². The van der Waals surface area contributed by atoms with Crippen LogP contribution in [0.1, 0.15) is 40.3 Å². The molecule has 2 aliphatic heterocycles. The minimum absolute atomic E-state index is 0.214. The van der Waals surface area contributed by atoms with Gasteiger partial charge in [0.15, 0.2) is 6.29 Å². The first-order chi connectivity index (χ1) is 27.1. The topological polar surface area (TPSA) is 78.8 Å². The molecule has 1 fully saturated rings. The number of anilines is 1. The molecule has 2 heterocycles. The van der Waals surface area contributed by atoms with E-state index in [1.807, 2.05) is 133 Å². The van der Waals surface area contributed by atoms with Crippen molar-refractivity contribution in [3.8, 4) is 0 Å². The molecule has 7 rings (SSSR count). The quantitative estimate of drug-likeness (QED) is 0.0924. The van der Waals surface area contributed by atoms with Crippen molar-refractivity contribution in [3.05, 3.63) is 184 Å². The zero-order chi connectivity index (χ0) is 37.8. The van der Waals surface area contributed by atoms with Crippen LogP contribution < -0.4 is 5.01 Å². The summed E-state index contributed by atoms with van der Waals surface area (Å²) in [5, 5.41) is 6.64. The van der Waals surface area contributed by atoms with Gasteiger partial charge in [0.25, 0.3) is 0 Å². The van der Waals surface area contributed by atoms with E-state index >= 15 is 0 Å². The van der Waals surface area contributed by atoms with E-state index in [0.29, 0.717) is 54.4 Å². The molecule has 55 heavy (non-hydrogen) atoms. The van der Waals surface area contributed by atoms with Crippen LogP contribution in [0.3, 0.4) is 0 Å². The molecule has 5 aromatic rings. The van der Waals surface area contributed by atoms with E-state index < -0.39 is 30.5 Å². The summed E-state index contributed by atoms with van der Waals surface area (Å²) in [5.74, 6) is 0. The lowest BCUT2D eigenvalue weighted by molar-refractivity contribution is -0.275. The lowest BCUT2D eigenvalue weighted by Crippen LogP contribution is -2.58. The summed E-state index contributed by atoms with van der Waals surface area (Å²) < 4.78 is 34.1. The van der Waals surface area contributed by atoms with Crippen molar-refractivity contribution in [1.82, 2.24) is 0 Å². The first-order valence-corrected chi connectivity index (χ1v) is 19.0. The Morgan fingerprint density at radius 1 is 0.655 bits per heavy atom. The molecule has 0 spiro atoms. The highest BCUT2D eigenvalue weighted by atomic mass is 35.5. The van der Waals surface area contributed by atoms with Crippen LogP contribution in [0.2, 0.25) is 5.02 Å². The third kappa shape index (κ3) is 10.2. The van der Waals surface area contributed by atoms with Crippen LogP contribution in [-0.4, -0.2) is 42.5 Å². The van der Waals surface area contributed by atoms with Crippen molar-refractivity contribution in [2.45, 2.75) is 63.4 Å². The van der Waals surface area contributed by atoms with Gasteiger partial charge in [0.05, 0.1) is 43.7 Å². The largest absolute Gasteiger partial charge is 0.374 e. The summed E-state index contributed by atoms with van der Waals surface area (Å²) >= 11 is 13.2. The molecule has 0 aromatic heterocycles. The van der Waals surface area contributed by atoms with E-state index in [-0.39, 0.29) is 6.61 Å². The van der Waals surface area contributed by atoms with Crippen molar-refractivity contribution in [3.63, 3.8) is 0 Å². The van der Waals surface area contributed by atoms with Crippen molar-refractivity contribution in [2.24, 2.45) is 5.10 Å². The van der Waals surface area contributed by atoms with Crippen LogP contribution in [-0.2, 0) is 54.9 Å². The van der Waals surface area contributed by atoms with E-state index in [0.717, 1.165) is 34.1 Å². The first kappa shape index (κ1) is 38.6. The monoisotopic (exact) mass is 776 g/mol. The van der Waals surface area contributed by atoms with Gasteiger partial charge in [0.1, 0.15) is 41.4 Å². The van der Waals surface area contributed by atoms with Crippen molar-refractivity contribution in [2.75, 3.05) is 11.6 Å². The number of aldehydes is 1. The highest BCUT2D eigenvalue weighted by molar-refractivity contribution is 6.65. The smallest absolute Gasteiger partial charge is 0.168 e. The summed E-state index contributed by atoms with van der Waals surface area (Å²) in [7, 11) is 0. The maximum atomic E-state index is 12.1. The number of hydrogen-bond acceptors (Lipinski definition) is 8. The standard InChI is InChI=1S/C45H42Cl2N2O6/c46-38-23-21-36(25-39(38)49-37(26-50)22-24-41(47)48-49)42-44(53-29-34-17-9-3-10-18-34)45(54-30-35-19-11-4-12-20-35)43(52-28-33-15-7-2-8-16-33)40(55-42)31-51-27-32-13-5-1-6-14-32/h1-23,25-26,40,42-45H,24,27-31H2/t40-,42+,43-,44+,45+/m1/s1. The number of rotatable bonds is 16. The number of hydrazone groups is 1. The number of hydrogen-bond donors (Lipinski definition) is 0. The van der Waals surface area contributed by atoms with Gasteiger partial charge in [-0.3, -0.25) is 4.79 Å². The lowest BCUT2D eigenvalue weighted by Gasteiger charge is -2.46. The zero-order valence-corrected chi connectivity index (χ0v) is 31.7. The molecule has 0 saturated carbocycles. The average Bonchev–Trinajstić information content (AvgIpc) is 3.23. The highest BCUT2D eigenvalue weighted by Gasteiger charge is 2.49. The Labute approximate surface area is 331 Å². The van der Waals surface area contributed by atoms with Gasteiger partial charge in [0.2, 0.25) is 0 Å². The van der Waals surface area contributed by atoms with E-state index in [1.165, 1.54) is 5.01 Å². The van der Waals surface area contributed by atoms with E-state index in [1.54, 1.807) is 12.1 Å². The Kier molecular flexibility index (Phi) is 13.5. The molecule has 282 valence electrons. The molecule has 0 radical (unpaired) electrons. The van der Waals surface area contributed by atoms with Crippen LogP contribution in [0, 0.1) is 0 Å². The Balaban J connectivity index is 1.29. The average molecular weight is 778 g/mol. The number of carbonyl (C=O) groups excluding carboxylic acids is 1. The fourth-order valence-electron chi connectivity index (χ4n) is 6.70. The third-order valence-electron chi connectivity index (χ3n) is 9.46. The minimum atomic E-state index is -0.685. The van der Waals surface area contributed by atoms with Gasteiger partial charge in [-0.05, 0) is 46.0 Å². The maximum Gasteiger partial charge on any atom is 0.168 e. The lowest BCUT2D eigenvalue weighted by atomic mass is 9.90. The van der Waals surface area contributed by atoms with Crippen molar-refractivity contribution >= 4 is 40.3 Å². The molecule has 8 nitrogen and oxygen atoms in total. The van der Waals surface area contributed by atoms with Gasteiger partial charge in [-0.1, -0.05) is 151 Å². The number of carbonyl (C=O) groups is 1. The molecule has 0 bridgehead atoms. The zero-order valence-electron chi connectivity index (χ0n) is 30.2. The van der Waals surface area contributed by atoms with Gasteiger partial charge >= 0.3 is 0 Å². The number of ether oxygens (including phenoxy) is 5. The molecule has 2 aliphatic rings. The summed E-state index contributed by atoms with van der Waals surface area (Å²) in [6, 6.07) is 45.6. The van der Waals surface area contributed by atoms with Gasteiger partial charge in [0, 0.05) is 6.42 Å². The molecular formula is C45H42Cl2N2O6. The van der Waals surface area contributed by atoms with E-state index in [9.17, 15) is 4.79 Å². The summed E-state index contributed by atoms with van der Waals surface area (Å²) in [5.41, 5.74) is 5.60. The molecule has 10 heteroatoms. The fraction of sp³-hybridized carbons (Fsp3) is 0.244. The van der Waals surface area contributed by atoms with Crippen molar-refractivity contribution < 1.29 is 28.5 Å². The number of halogens is 2. The van der Waals surface area contributed by atoms with Crippen molar-refractivity contribution in [1.29, 1.82) is 0 Å². The van der Waals surface area contributed by atoms with Crippen LogP contribution in [0.15, 0.2) is 156 Å². The second-order valence-corrected chi connectivity index (χ2v) is 14.2. The third-order valence-corrected chi connectivity index (χ3v) is 10.0. The number of nitrogens with zero attached hydrogens (tertiary/aromatic N) is 2. The molecular weight excluding hydrogens is 735 g/mol. The molecule has 0 amide bonds. The molecule has 5 aromatic carbocycles. The number of allylic oxidation sites excluding steroid dienone is 2. The molecule has 0 unspecified atom stereocenters. The Hall–Kier alpha value is -4.64. The van der Waals surface area contributed by atoms with Gasteiger partial charge in [-0.15, -0.1) is 0 Å². The maximum absolute atomic E-state index is 12.1. The second-order valence-electron chi connectivity index (χ2n) is 13.3. The van der Waals surface area contributed by atoms with Gasteiger partial charge in [-0.2, -0.15) is 5.10 Å². The fourth-order valence-corrected chi connectivity index (χ4v) is 7.05. The summed E-state index contributed by atoms with van der Waals surface area (Å²) in [4.78, 5) is 12.1. The second kappa shape index (κ2) is 19.3. The SMILES string of the molecule is O=CC1=CCC(Cl)=NN1c1cc([C@@H]2O[C@H](COCc3ccccc3)[C@@H](OCc3ccccc3)[C@H](OCc3ccccc3)[C@H]2OCc2ccccc2)ccc1Cl. The predicted molar refractivity (Wildman–Crippen MR) is 215 cm³/mol. The first-order valence-electron chi connectivity index (χ1n) is 18.3. The van der Waals surface area contributed by atoms with Gasteiger partial charge < -0.3 is 23.7 Å². The van der Waals surface area contributed by atoms with E-state index in [2.05, 4.69) is 5.10 Å². The number of benzene rings is 5. The molecule has 5 atom stereocenters. The van der Waals surface area contributed by atoms with Crippen LogP contribution in [0.25, 0.3) is 0 Å². The minimum Gasteiger partial charge on any atom is -0.374 e. The predicted octanol–water partition coefficient (Wildman–Crippen LogP) is 9.60. The normalized spacial score (nSPS) is 21.1.